The molecule has 3 rings (SSSR count). The summed E-state index contributed by atoms with van der Waals surface area (Å²) in [6.07, 6.45) is 0. The van der Waals surface area contributed by atoms with Gasteiger partial charge in [-0.3, -0.25) is 4.79 Å². The zero-order chi connectivity index (χ0) is 17.8. The van der Waals surface area contributed by atoms with E-state index in [4.69, 9.17) is 9.26 Å². The van der Waals surface area contributed by atoms with Crippen LogP contribution >= 0.6 is 27.3 Å². The van der Waals surface area contributed by atoms with Crippen molar-refractivity contribution in [2.24, 2.45) is 0 Å². The zero-order valence-electron chi connectivity index (χ0n) is 12.6. The molecule has 1 amide bonds. The Labute approximate surface area is 153 Å². The van der Waals surface area contributed by atoms with Gasteiger partial charge in [0.15, 0.2) is 11.6 Å². The fourth-order valence-electron chi connectivity index (χ4n) is 2.00. The van der Waals surface area contributed by atoms with Crippen molar-refractivity contribution in [2.45, 2.75) is 6.61 Å². The number of carbonyl (C=O) groups excluding carboxylic acids is 1. The van der Waals surface area contributed by atoms with E-state index >= 15 is 0 Å². The summed E-state index contributed by atoms with van der Waals surface area (Å²) in [5.41, 5.74) is 0.391. The molecule has 0 atom stereocenters. The van der Waals surface area contributed by atoms with E-state index in [2.05, 4.69) is 26.4 Å². The number of amides is 1. The van der Waals surface area contributed by atoms with Crippen molar-refractivity contribution in [2.75, 3.05) is 11.9 Å². The first-order chi connectivity index (χ1) is 12.0. The van der Waals surface area contributed by atoms with Gasteiger partial charge in [-0.05, 0) is 33.4 Å². The molecule has 2 aromatic heterocycles. The fourth-order valence-corrected chi connectivity index (χ4v) is 3.18. The van der Waals surface area contributed by atoms with Crippen LogP contribution in [0, 0.1) is 11.6 Å². The third-order valence-electron chi connectivity index (χ3n) is 3.08. The van der Waals surface area contributed by atoms with Gasteiger partial charge in [-0.2, -0.15) is 0 Å². The highest BCUT2D eigenvalue weighted by molar-refractivity contribution is 9.10. The third kappa shape index (κ3) is 4.50. The zero-order valence-corrected chi connectivity index (χ0v) is 15.0. The Hall–Kier alpha value is -2.10. The molecule has 9 heteroatoms. The smallest absolute Gasteiger partial charge is 0.250 e. The molecule has 0 aliphatic carbocycles. The number of aromatic nitrogens is 1. The predicted octanol–water partition coefficient (Wildman–Crippen LogP) is 4.60. The summed E-state index contributed by atoms with van der Waals surface area (Å²) in [5, 5.41) is 8.10. The topological polar surface area (TPSA) is 64.4 Å². The summed E-state index contributed by atoms with van der Waals surface area (Å²) in [6.45, 7) is -0.250. The van der Waals surface area contributed by atoms with Crippen molar-refractivity contribution in [3.8, 4) is 10.6 Å². The number of nitrogens with zero attached hydrogens (tertiary/aromatic N) is 1. The number of thiophene rings is 1. The minimum Gasteiger partial charge on any atom is -0.365 e. The van der Waals surface area contributed by atoms with E-state index in [1.165, 1.54) is 11.3 Å². The second-order valence-electron chi connectivity index (χ2n) is 4.95. The van der Waals surface area contributed by atoms with E-state index in [-0.39, 0.29) is 23.4 Å². The van der Waals surface area contributed by atoms with Crippen molar-refractivity contribution >= 4 is 38.9 Å². The maximum absolute atomic E-state index is 13.6. The largest absolute Gasteiger partial charge is 0.365 e. The Morgan fingerprint density at radius 3 is 2.92 bits per heavy atom. The Bertz CT molecular complexity index is 860. The number of rotatable bonds is 6. The van der Waals surface area contributed by atoms with Gasteiger partial charge in [-0.25, -0.2) is 8.78 Å². The lowest BCUT2D eigenvalue weighted by atomic mass is 10.3. The molecule has 5 nitrogen and oxygen atoms in total. The van der Waals surface area contributed by atoms with E-state index in [1.807, 2.05) is 17.5 Å². The van der Waals surface area contributed by atoms with Crippen molar-refractivity contribution < 1.29 is 22.8 Å². The van der Waals surface area contributed by atoms with Crippen molar-refractivity contribution in [3.05, 3.63) is 57.5 Å². The number of carbonyl (C=O) groups is 1. The SMILES string of the molecule is O=C(COCc1cc(-c2cccs2)on1)Nc1c(F)cc(F)cc1Br. The maximum atomic E-state index is 13.6. The molecule has 25 heavy (non-hydrogen) atoms. The molecule has 0 saturated carbocycles. The highest BCUT2D eigenvalue weighted by Crippen LogP contribution is 2.27. The molecule has 130 valence electrons. The molecule has 0 fully saturated rings. The van der Waals surface area contributed by atoms with Crippen LogP contribution in [0.2, 0.25) is 0 Å². The summed E-state index contributed by atoms with van der Waals surface area (Å²) in [7, 11) is 0. The maximum Gasteiger partial charge on any atom is 0.250 e. The summed E-state index contributed by atoms with van der Waals surface area (Å²) in [5.74, 6) is -1.58. The molecule has 0 bridgehead atoms. The molecule has 0 saturated heterocycles. The molecule has 1 aromatic carbocycles. The summed E-state index contributed by atoms with van der Waals surface area (Å²) in [4.78, 5) is 12.8. The third-order valence-corrected chi connectivity index (χ3v) is 4.59. The highest BCUT2D eigenvalue weighted by atomic mass is 79.9. The Balaban J connectivity index is 1.52. The monoisotopic (exact) mass is 428 g/mol. The first-order valence-electron chi connectivity index (χ1n) is 7.04. The quantitative estimate of drug-likeness (QED) is 0.622. The van der Waals surface area contributed by atoms with Crippen molar-refractivity contribution in [1.29, 1.82) is 0 Å². The normalized spacial score (nSPS) is 10.8. The average Bonchev–Trinajstić information content (AvgIpc) is 3.22. The number of ether oxygens (including phenoxy) is 1. The average molecular weight is 429 g/mol. The van der Waals surface area contributed by atoms with Crippen LogP contribution in [-0.2, 0) is 16.1 Å². The molecule has 2 heterocycles. The number of anilines is 1. The number of hydrogen-bond acceptors (Lipinski definition) is 5. The minimum atomic E-state index is -0.877. The van der Waals surface area contributed by atoms with Crippen LogP contribution in [0.15, 0.2) is 44.7 Å². The molecule has 0 unspecified atom stereocenters. The lowest BCUT2D eigenvalue weighted by Crippen LogP contribution is -2.19. The molecule has 3 aromatic rings. The standard InChI is InChI=1S/C16H11BrF2N2O3S/c17-11-4-9(18)5-12(19)16(11)20-15(22)8-23-7-10-6-13(24-21-10)14-2-1-3-25-14/h1-6H,7-8H2,(H,20,22). The number of benzene rings is 1. The van der Waals surface area contributed by atoms with Crippen LogP contribution < -0.4 is 5.32 Å². The van der Waals surface area contributed by atoms with Gasteiger partial charge in [0, 0.05) is 16.6 Å². The lowest BCUT2D eigenvalue weighted by molar-refractivity contribution is -0.121. The van der Waals surface area contributed by atoms with Gasteiger partial charge < -0.3 is 14.6 Å². The molecule has 0 aliphatic rings. The molecule has 0 aliphatic heterocycles. The van der Waals surface area contributed by atoms with Gasteiger partial charge in [0.2, 0.25) is 5.91 Å². The van der Waals surface area contributed by atoms with E-state index in [0.717, 1.165) is 10.9 Å². The molecular weight excluding hydrogens is 418 g/mol. The highest BCUT2D eigenvalue weighted by Gasteiger charge is 2.13. The molecule has 1 N–H and O–H groups in total. The van der Waals surface area contributed by atoms with Crippen LogP contribution in [0.25, 0.3) is 10.6 Å². The minimum absolute atomic E-state index is 0.0648. The van der Waals surface area contributed by atoms with E-state index in [9.17, 15) is 13.6 Å². The predicted molar refractivity (Wildman–Crippen MR) is 92.2 cm³/mol. The van der Waals surface area contributed by atoms with Crippen LogP contribution in [-0.4, -0.2) is 17.7 Å². The van der Waals surface area contributed by atoms with Gasteiger partial charge in [0.1, 0.15) is 18.1 Å². The summed E-state index contributed by atoms with van der Waals surface area (Å²) < 4.78 is 37.2. The number of halogens is 3. The first-order valence-corrected chi connectivity index (χ1v) is 8.72. The van der Waals surface area contributed by atoms with Gasteiger partial charge in [0.25, 0.3) is 0 Å². The van der Waals surface area contributed by atoms with E-state index in [0.29, 0.717) is 17.5 Å². The number of nitrogens with one attached hydrogen (secondary N) is 1. The van der Waals surface area contributed by atoms with E-state index in [1.54, 1.807) is 6.07 Å². The van der Waals surface area contributed by atoms with Gasteiger partial charge in [-0.15, -0.1) is 11.3 Å². The Morgan fingerprint density at radius 1 is 1.36 bits per heavy atom. The number of hydrogen-bond donors (Lipinski definition) is 1. The first kappa shape index (κ1) is 17.7. The second-order valence-corrected chi connectivity index (χ2v) is 6.75. The fraction of sp³-hybridized carbons (Fsp3) is 0.125. The van der Waals surface area contributed by atoms with Crippen molar-refractivity contribution in [3.63, 3.8) is 0 Å². The van der Waals surface area contributed by atoms with Gasteiger partial charge in [-0.1, -0.05) is 11.2 Å². The second kappa shape index (κ2) is 7.85. The van der Waals surface area contributed by atoms with Gasteiger partial charge >= 0.3 is 0 Å². The molecule has 0 spiro atoms. The van der Waals surface area contributed by atoms with Crippen molar-refractivity contribution in [1.82, 2.24) is 5.16 Å². The van der Waals surface area contributed by atoms with E-state index < -0.39 is 17.5 Å². The lowest BCUT2D eigenvalue weighted by Gasteiger charge is -2.08. The summed E-state index contributed by atoms with van der Waals surface area (Å²) >= 11 is 4.51. The Morgan fingerprint density at radius 2 is 2.20 bits per heavy atom. The van der Waals surface area contributed by atoms with Crippen LogP contribution in [0.5, 0.6) is 0 Å². The Kier molecular flexibility index (Phi) is 5.57. The molecular formula is C16H11BrF2N2O3S. The van der Waals surface area contributed by atoms with Crippen LogP contribution in [0.4, 0.5) is 14.5 Å². The summed E-state index contributed by atoms with van der Waals surface area (Å²) in [6, 6.07) is 7.26. The van der Waals surface area contributed by atoms with Crippen LogP contribution in [0.3, 0.4) is 0 Å². The van der Waals surface area contributed by atoms with Gasteiger partial charge in [0.05, 0.1) is 17.2 Å². The van der Waals surface area contributed by atoms with Crippen LogP contribution in [0.1, 0.15) is 5.69 Å². The molecule has 0 radical (unpaired) electrons.